The Morgan fingerprint density at radius 1 is 1.17 bits per heavy atom. The summed E-state index contributed by atoms with van der Waals surface area (Å²) in [4.78, 5) is 12.3. The van der Waals surface area contributed by atoms with Gasteiger partial charge < -0.3 is 5.32 Å². The minimum Gasteiger partial charge on any atom is -0.319 e. The van der Waals surface area contributed by atoms with E-state index in [0.29, 0.717) is 17.1 Å². The number of hydrogen-bond acceptors (Lipinski definition) is 3. The van der Waals surface area contributed by atoms with Gasteiger partial charge in [0.2, 0.25) is 0 Å². The minimum absolute atomic E-state index is 0.164. The molecule has 1 heterocycles. The third-order valence-electron chi connectivity index (χ3n) is 4.53. The summed E-state index contributed by atoms with van der Waals surface area (Å²) in [7, 11) is 0. The summed E-state index contributed by atoms with van der Waals surface area (Å²) >= 11 is 0. The number of para-hydroxylation sites is 1. The van der Waals surface area contributed by atoms with Crippen LogP contribution >= 0.6 is 0 Å². The van der Waals surface area contributed by atoms with Crippen molar-refractivity contribution in [2.75, 3.05) is 5.32 Å². The van der Waals surface area contributed by atoms with Crippen molar-refractivity contribution in [2.45, 2.75) is 31.7 Å². The van der Waals surface area contributed by atoms with Crippen molar-refractivity contribution < 1.29 is 9.18 Å². The van der Waals surface area contributed by atoms with Crippen LogP contribution in [-0.4, -0.2) is 20.9 Å². The fourth-order valence-electron chi connectivity index (χ4n) is 3.26. The first kappa shape index (κ1) is 14.8. The Kier molecular flexibility index (Phi) is 3.72. The number of fused-ring (bicyclic) bond motifs is 1. The van der Waals surface area contributed by atoms with Crippen LogP contribution in [0.5, 0.6) is 0 Å². The van der Waals surface area contributed by atoms with Gasteiger partial charge in [-0.2, -0.15) is 0 Å². The standard InChI is InChI=1S/C18H17FN4O/c19-14-7-3-4-8-15(14)20-18(24)12-9-10-17-16(11-12)21-22-23(17)13-5-1-2-6-13/h3-4,7-11,13H,1-2,5-6H2,(H,20,24). The monoisotopic (exact) mass is 324 g/mol. The summed E-state index contributed by atoms with van der Waals surface area (Å²) in [6, 6.07) is 11.8. The quantitative estimate of drug-likeness (QED) is 0.794. The van der Waals surface area contributed by atoms with Crippen molar-refractivity contribution >= 4 is 22.6 Å². The summed E-state index contributed by atoms with van der Waals surface area (Å²) in [6.45, 7) is 0. The van der Waals surface area contributed by atoms with Crippen molar-refractivity contribution in [3.63, 3.8) is 0 Å². The Bertz CT molecular complexity index is 899. The van der Waals surface area contributed by atoms with Gasteiger partial charge in [0.05, 0.1) is 17.2 Å². The van der Waals surface area contributed by atoms with E-state index in [1.54, 1.807) is 24.3 Å². The molecule has 1 aromatic heterocycles. The summed E-state index contributed by atoms with van der Waals surface area (Å²) in [6.07, 6.45) is 4.67. The van der Waals surface area contributed by atoms with Gasteiger partial charge in [0.25, 0.3) is 5.91 Å². The van der Waals surface area contributed by atoms with E-state index in [2.05, 4.69) is 15.6 Å². The molecule has 0 radical (unpaired) electrons. The normalized spacial score (nSPS) is 15.0. The number of amides is 1. The van der Waals surface area contributed by atoms with E-state index in [1.165, 1.54) is 25.0 Å². The van der Waals surface area contributed by atoms with E-state index in [9.17, 15) is 9.18 Å². The molecule has 0 aliphatic heterocycles. The Labute approximate surface area is 138 Å². The first-order chi connectivity index (χ1) is 11.7. The SMILES string of the molecule is O=C(Nc1ccccc1F)c1ccc2c(c1)nnn2C1CCCC1. The molecular weight excluding hydrogens is 307 g/mol. The van der Waals surface area contributed by atoms with Crippen molar-refractivity contribution in [3.05, 3.63) is 53.8 Å². The van der Waals surface area contributed by atoms with Gasteiger partial charge in [0, 0.05) is 5.56 Å². The van der Waals surface area contributed by atoms with Crippen LogP contribution in [0.2, 0.25) is 0 Å². The number of nitrogens with one attached hydrogen (secondary N) is 1. The maximum Gasteiger partial charge on any atom is 0.255 e. The minimum atomic E-state index is -0.459. The second-order valence-corrected chi connectivity index (χ2v) is 6.11. The molecule has 0 atom stereocenters. The van der Waals surface area contributed by atoms with Gasteiger partial charge in [-0.1, -0.05) is 30.2 Å². The number of halogens is 1. The second-order valence-electron chi connectivity index (χ2n) is 6.11. The topological polar surface area (TPSA) is 59.8 Å². The Morgan fingerprint density at radius 3 is 2.75 bits per heavy atom. The number of benzene rings is 2. The molecule has 1 aliphatic carbocycles. The van der Waals surface area contributed by atoms with Crippen LogP contribution in [0.15, 0.2) is 42.5 Å². The largest absolute Gasteiger partial charge is 0.319 e. The molecule has 0 bridgehead atoms. The highest BCUT2D eigenvalue weighted by Crippen LogP contribution is 2.31. The molecule has 1 fully saturated rings. The molecular formula is C18H17FN4O. The van der Waals surface area contributed by atoms with E-state index in [0.717, 1.165) is 18.4 Å². The Morgan fingerprint density at radius 2 is 1.96 bits per heavy atom. The third kappa shape index (κ3) is 2.64. The molecule has 122 valence electrons. The molecule has 2 aromatic carbocycles. The molecule has 1 saturated carbocycles. The van der Waals surface area contributed by atoms with Gasteiger partial charge in [0.1, 0.15) is 11.3 Å². The van der Waals surface area contributed by atoms with Crippen molar-refractivity contribution in [2.24, 2.45) is 0 Å². The molecule has 1 aliphatic rings. The molecule has 0 spiro atoms. The van der Waals surface area contributed by atoms with Gasteiger partial charge in [-0.05, 0) is 43.2 Å². The molecule has 0 saturated heterocycles. The van der Waals surface area contributed by atoms with Gasteiger partial charge in [0.15, 0.2) is 0 Å². The predicted octanol–water partition coefficient (Wildman–Crippen LogP) is 3.94. The molecule has 6 heteroatoms. The highest BCUT2D eigenvalue weighted by molar-refractivity contribution is 6.05. The number of carbonyl (C=O) groups excluding carboxylic acids is 1. The van der Waals surface area contributed by atoms with Crippen LogP contribution < -0.4 is 5.32 Å². The summed E-state index contributed by atoms with van der Waals surface area (Å²) in [5, 5.41) is 11.0. The third-order valence-corrected chi connectivity index (χ3v) is 4.53. The van der Waals surface area contributed by atoms with Crippen LogP contribution in [-0.2, 0) is 0 Å². The van der Waals surface area contributed by atoms with Crippen LogP contribution in [0.25, 0.3) is 11.0 Å². The van der Waals surface area contributed by atoms with Gasteiger partial charge in [-0.15, -0.1) is 5.10 Å². The van der Waals surface area contributed by atoms with Crippen LogP contribution in [0.3, 0.4) is 0 Å². The molecule has 1 N–H and O–H groups in total. The zero-order valence-corrected chi connectivity index (χ0v) is 13.1. The Balaban J connectivity index is 1.61. The van der Waals surface area contributed by atoms with E-state index in [-0.39, 0.29) is 11.6 Å². The lowest BCUT2D eigenvalue weighted by Gasteiger charge is -2.10. The molecule has 24 heavy (non-hydrogen) atoms. The summed E-state index contributed by atoms with van der Waals surface area (Å²) in [5.74, 6) is -0.823. The van der Waals surface area contributed by atoms with Gasteiger partial charge in [-0.25, -0.2) is 9.07 Å². The van der Waals surface area contributed by atoms with Gasteiger partial charge in [-0.3, -0.25) is 4.79 Å². The number of aromatic nitrogens is 3. The predicted molar refractivity (Wildman–Crippen MR) is 89.4 cm³/mol. The lowest BCUT2D eigenvalue weighted by molar-refractivity contribution is 0.102. The maximum atomic E-state index is 13.7. The zero-order chi connectivity index (χ0) is 16.5. The molecule has 5 nitrogen and oxygen atoms in total. The van der Waals surface area contributed by atoms with E-state index in [4.69, 9.17) is 0 Å². The summed E-state index contributed by atoms with van der Waals surface area (Å²) < 4.78 is 15.6. The van der Waals surface area contributed by atoms with Gasteiger partial charge >= 0.3 is 0 Å². The number of nitrogens with zero attached hydrogens (tertiary/aromatic N) is 3. The van der Waals surface area contributed by atoms with Crippen molar-refractivity contribution in [3.8, 4) is 0 Å². The van der Waals surface area contributed by atoms with E-state index < -0.39 is 5.82 Å². The molecule has 0 unspecified atom stereocenters. The average Bonchev–Trinajstić information content (AvgIpc) is 3.25. The van der Waals surface area contributed by atoms with Crippen molar-refractivity contribution in [1.82, 2.24) is 15.0 Å². The second kappa shape index (κ2) is 6.03. The van der Waals surface area contributed by atoms with Crippen LogP contribution in [0.4, 0.5) is 10.1 Å². The fourth-order valence-corrected chi connectivity index (χ4v) is 3.26. The zero-order valence-electron chi connectivity index (χ0n) is 13.1. The fraction of sp³-hybridized carbons (Fsp3) is 0.278. The Hall–Kier alpha value is -2.76. The maximum absolute atomic E-state index is 13.7. The first-order valence-electron chi connectivity index (χ1n) is 8.13. The first-order valence-corrected chi connectivity index (χ1v) is 8.13. The summed E-state index contributed by atoms with van der Waals surface area (Å²) in [5.41, 5.74) is 2.22. The lowest BCUT2D eigenvalue weighted by atomic mass is 10.1. The van der Waals surface area contributed by atoms with E-state index in [1.807, 2.05) is 10.7 Å². The lowest BCUT2D eigenvalue weighted by Crippen LogP contribution is -2.13. The highest BCUT2D eigenvalue weighted by atomic mass is 19.1. The number of carbonyl (C=O) groups is 1. The molecule has 1 amide bonds. The average molecular weight is 324 g/mol. The van der Waals surface area contributed by atoms with Crippen LogP contribution in [0, 0.1) is 5.82 Å². The van der Waals surface area contributed by atoms with Crippen LogP contribution in [0.1, 0.15) is 42.1 Å². The number of hydrogen-bond donors (Lipinski definition) is 1. The number of rotatable bonds is 3. The van der Waals surface area contributed by atoms with E-state index >= 15 is 0 Å². The molecule has 3 aromatic rings. The smallest absolute Gasteiger partial charge is 0.255 e. The molecule has 4 rings (SSSR count). The van der Waals surface area contributed by atoms with Crippen molar-refractivity contribution in [1.29, 1.82) is 0 Å². The number of anilines is 1. The highest BCUT2D eigenvalue weighted by Gasteiger charge is 2.20.